The lowest BCUT2D eigenvalue weighted by Crippen LogP contribution is -2.40. The maximum Gasteiger partial charge on any atom is 0.168 e. The average Bonchev–Trinajstić information content (AvgIpc) is 2.98. The zero-order valence-corrected chi connectivity index (χ0v) is 12.6. The van der Waals surface area contributed by atoms with Gasteiger partial charge in [0, 0.05) is 13.0 Å². The van der Waals surface area contributed by atoms with Crippen LogP contribution in [-0.4, -0.2) is 18.0 Å². The third-order valence-corrected chi connectivity index (χ3v) is 4.57. The summed E-state index contributed by atoms with van der Waals surface area (Å²) in [5.74, 6) is 0.248. The van der Waals surface area contributed by atoms with Gasteiger partial charge in [-0.1, -0.05) is 42.5 Å². The highest BCUT2D eigenvalue weighted by Crippen LogP contribution is 2.35. The van der Waals surface area contributed by atoms with Crippen molar-refractivity contribution in [3.8, 4) is 0 Å². The zero-order valence-electron chi connectivity index (χ0n) is 12.6. The van der Waals surface area contributed by atoms with Crippen molar-refractivity contribution in [2.75, 3.05) is 6.61 Å². The minimum absolute atomic E-state index is 0.248. The SMILES string of the molecule is CCOC1(C(=O)Cc2cccc3ccccc23)CCCC1. The van der Waals surface area contributed by atoms with E-state index in [-0.39, 0.29) is 5.78 Å². The molecule has 2 heteroatoms. The van der Waals surface area contributed by atoms with Gasteiger partial charge in [0.05, 0.1) is 0 Å². The van der Waals surface area contributed by atoms with Gasteiger partial charge in [-0.05, 0) is 48.9 Å². The Bertz CT molecular complexity index is 634. The molecule has 1 aliphatic rings. The number of Topliss-reactive ketones (excluding diaryl/α,β-unsaturated/α-hetero) is 1. The van der Waals surface area contributed by atoms with Crippen LogP contribution in [0.15, 0.2) is 42.5 Å². The number of ketones is 1. The summed E-state index contributed by atoms with van der Waals surface area (Å²) in [5.41, 5.74) is 0.593. The number of fused-ring (bicyclic) bond motifs is 1. The number of hydrogen-bond donors (Lipinski definition) is 0. The van der Waals surface area contributed by atoms with Crippen LogP contribution in [0.1, 0.15) is 38.2 Å². The predicted molar refractivity (Wildman–Crippen MR) is 85.5 cm³/mol. The van der Waals surface area contributed by atoms with Gasteiger partial charge in [-0.3, -0.25) is 4.79 Å². The van der Waals surface area contributed by atoms with E-state index in [0.717, 1.165) is 31.2 Å². The quantitative estimate of drug-likeness (QED) is 0.817. The van der Waals surface area contributed by atoms with Crippen LogP contribution in [-0.2, 0) is 16.0 Å². The molecule has 0 aromatic heterocycles. The zero-order chi connectivity index (χ0) is 14.7. The maximum atomic E-state index is 12.8. The number of benzene rings is 2. The van der Waals surface area contributed by atoms with Crippen molar-refractivity contribution in [1.82, 2.24) is 0 Å². The van der Waals surface area contributed by atoms with E-state index in [2.05, 4.69) is 24.3 Å². The van der Waals surface area contributed by atoms with Crippen LogP contribution < -0.4 is 0 Å². The first-order chi connectivity index (χ1) is 10.2. The molecule has 21 heavy (non-hydrogen) atoms. The number of carbonyl (C=O) groups is 1. The van der Waals surface area contributed by atoms with Gasteiger partial charge in [0.2, 0.25) is 0 Å². The van der Waals surface area contributed by atoms with Gasteiger partial charge in [0.15, 0.2) is 5.78 Å². The third kappa shape index (κ3) is 2.73. The van der Waals surface area contributed by atoms with E-state index in [1.807, 2.05) is 25.1 Å². The average molecular weight is 282 g/mol. The second-order valence-corrected chi connectivity index (χ2v) is 5.87. The molecule has 1 aliphatic carbocycles. The van der Waals surface area contributed by atoms with Crippen LogP contribution in [0.25, 0.3) is 10.8 Å². The topological polar surface area (TPSA) is 26.3 Å². The smallest absolute Gasteiger partial charge is 0.168 e. The molecule has 1 saturated carbocycles. The number of carbonyl (C=O) groups excluding carboxylic acids is 1. The van der Waals surface area contributed by atoms with Gasteiger partial charge in [-0.2, -0.15) is 0 Å². The number of ether oxygens (including phenoxy) is 1. The fourth-order valence-electron chi connectivity index (χ4n) is 3.51. The second kappa shape index (κ2) is 5.98. The van der Waals surface area contributed by atoms with Crippen molar-refractivity contribution in [1.29, 1.82) is 0 Å². The van der Waals surface area contributed by atoms with Crippen LogP contribution in [0, 0.1) is 0 Å². The molecule has 2 aromatic rings. The summed E-state index contributed by atoms with van der Waals surface area (Å²) in [6.07, 6.45) is 4.43. The minimum Gasteiger partial charge on any atom is -0.367 e. The van der Waals surface area contributed by atoms with Crippen LogP contribution in [0.2, 0.25) is 0 Å². The normalized spacial score (nSPS) is 17.2. The van der Waals surface area contributed by atoms with Crippen LogP contribution in [0.4, 0.5) is 0 Å². The molecule has 0 unspecified atom stereocenters. The van der Waals surface area contributed by atoms with E-state index in [0.29, 0.717) is 13.0 Å². The summed E-state index contributed by atoms with van der Waals surface area (Å²) in [6, 6.07) is 14.5. The first kappa shape index (κ1) is 14.3. The minimum atomic E-state index is -0.522. The molecule has 0 aliphatic heterocycles. The summed E-state index contributed by atoms with van der Waals surface area (Å²) in [6.45, 7) is 2.59. The van der Waals surface area contributed by atoms with Crippen molar-refractivity contribution >= 4 is 16.6 Å². The molecule has 2 nitrogen and oxygen atoms in total. The lowest BCUT2D eigenvalue weighted by atomic mass is 9.90. The van der Waals surface area contributed by atoms with Crippen LogP contribution in [0.3, 0.4) is 0 Å². The molecule has 0 heterocycles. The Balaban J connectivity index is 1.89. The Kier molecular flexibility index (Phi) is 4.07. The molecule has 0 bridgehead atoms. The van der Waals surface area contributed by atoms with E-state index < -0.39 is 5.60 Å². The summed E-state index contributed by atoms with van der Waals surface area (Å²) in [7, 11) is 0. The molecule has 0 spiro atoms. The first-order valence-corrected chi connectivity index (χ1v) is 7.89. The Morgan fingerprint density at radius 1 is 1.10 bits per heavy atom. The fourth-order valence-corrected chi connectivity index (χ4v) is 3.51. The highest BCUT2D eigenvalue weighted by atomic mass is 16.5. The molecule has 0 N–H and O–H groups in total. The van der Waals surface area contributed by atoms with Gasteiger partial charge in [-0.15, -0.1) is 0 Å². The maximum absolute atomic E-state index is 12.8. The van der Waals surface area contributed by atoms with Gasteiger partial charge < -0.3 is 4.74 Å². The Labute approximate surface area is 126 Å². The molecular formula is C19H22O2. The summed E-state index contributed by atoms with van der Waals surface area (Å²) >= 11 is 0. The Morgan fingerprint density at radius 3 is 2.57 bits per heavy atom. The van der Waals surface area contributed by atoms with Gasteiger partial charge in [0.1, 0.15) is 5.60 Å². The van der Waals surface area contributed by atoms with Crippen LogP contribution >= 0.6 is 0 Å². The molecule has 0 radical (unpaired) electrons. The van der Waals surface area contributed by atoms with E-state index >= 15 is 0 Å². The van der Waals surface area contributed by atoms with Crippen molar-refractivity contribution in [2.24, 2.45) is 0 Å². The molecule has 0 atom stereocenters. The summed E-state index contributed by atoms with van der Waals surface area (Å²) in [5, 5.41) is 2.37. The molecule has 0 amide bonds. The Hall–Kier alpha value is -1.67. The molecule has 0 saturated heterocycles. The van der Waals surface area contributed by atoms with Gasteiger partial charge in [-0.25, -0.2) is 0 Å². The van der Waals surface area contributed by atoms with E-state index in [9.17, 15) is 4.79 Å². The summed E-state index contributed by atoms with van der Waals surface area (Å²) in [4.78, 5) is 12.8. The van der Waals surface area contributed by atoms with E-state index in [1.165, 1.54) is 10.8 Å². The van der Waals surface area contributed by atoms with Gasteiger partial charge in [0.25, 0.3) is 0 Å². The fraction of sp³-hybridized carbons (Fsp3) is 0.421. The van der Waals surface area contributed by atoms with Crippen molar-refractivity contribution in [2.45, 2.75) is 44.6 Å². The lowest BCUT2D eigenvalue weighted by Gasteiger charge is -2.27. The Morgan fingerprint density at radius 2 is 1.81 bits per heavy atom. The third-order valence-electron chi connectivity index (χ3n) is 4.57. The molecule has 2 aromatic carbocycles. The largest absolute Gasteiger partial charge is 0.367 e. The monoisotopic (exact) mass is 282 g/mol. The molecule has 1 fully saturated rings. The lowest BCUT2D eigenvalue weighted by molar-refractivity contribution is -0.142. The molecule has 3 rings (SSSR count). The highest BCUT2D eigenvalue weighted by Gasteiger charge is 2.41. The van der Waals surface area contributed by atoms with Crippen LogP contribution in [0.5, 0.6) is 0 Å². The van der Waals surface area contributed by atoms with Gasteiger partial charge >= 0.3 is 0 Å². The van der Waals surface area contributed by atoms with E-state index in [1.54, 1.807) is 0 Å². The second-order valence-electron chi connectivity index (χ2n) is 5.87. The first-order valence-electron chi connectivity index (χ1n) is 7.89. The number of hydrogen-bond acceptors (Lipinski definition) is 2. The van der Waals surface area contributed by atoms with E-state index in [4.69, 9.17) is 4.74 Å². The van der Waals surface area contributed by atoms with Crippen molar-refractivity contribution < 1.29 is 9.53 Å². The highest BCUT2D eigenvalue weighted by molar-refractivity contribution is 5.94. The molecular weight excluding hydrogens is 260 g/mol. The van der Waals surface area contributed by atoms with Crippen molar-refractivity contribution in [3.05, 3.63) is 48.0 Å². The molecule has 110 valence electrons. The summed E-state index contributed by atoms with van der Waals surface area (Å²) < 4.78 is 5.89. The van der Waals surface area contributed by atoms with Crippen molar-refractivity contribution in [3.63, 3.8) is 0 Å². The number of rotatable bonds is 5. The standard InChI is InChI=1S/C19H22O2/c1-2-21-19(12-5-6-13-19)18(20)14-16-10-7-9-15-8-3-4-11-17(15)16/h3-4,7-11H,2,5-6,12-14H2,1H3. The predicted octanol–water partition coefficient (Wildman–Crippen LogP) is 4.30.